The highest BCUT2D eigenvalue weighted by atomic mass is 19.4. The summed E-state index contributed by atoms with van der Waals surface area (Å²) in [6, 6.07) is 0. The van der Waals surface area contributed by atoms with E-state index in [4.69, 9.17) is 9.52 Å². The van der Waals surface area contributed by atoms with Crippen molar-refractivity contribution in [3.8, 4) is 11.3 Å². The molecule has 1 aliphatic carbocycles. The Labute approximate surface area is 110 Å². The van der Waals surface area contributed by atoms with Gasteiger partial charge in [-0.15, -0.1) is 0 Å². The standard InChI is InChI=1S/C12H9F3N2O3/c1-4-2-6-7(9-5(4)3-16-17-9)8(12(13,14)15)10(20-6)11(18)19/h3-4H,2H2,1H3,(H,16,17)(H,18,19). The number of aromatic amines is 1. The third-order valence-corrected chi connectivity index (χ3v) is 3.39. The highest BCUT2D eigenvalue weighted by Gasteiger charge is 2.46. The fraction of sp³-hybridized carbons (Fsp3) is 0.333. The van der Waals surface area contributed by atoms with E-state index in [0.717, 1.165) is 0 Å². The lowest BCUT2D eigenvalue weighted by atomic mass is 9.86. The minimum atomic E-state index is -4.82. The van der Waals surface area contributed by atoms with Gasteiger partial charge in [0.25, 0.3) is 0 Å². The summed E-state index contributed by atoms with van der Waals surface area (Å²) in [6.45, 7) is 1.81. The van der Waals surface area contributed by atoms with Crippen LogP contribution in [-0.2, 0) is 12.6 Å². The molecule has 3 rings (SSSR count). The molecule has 2 heterocycles. The topological polar surface area (TPSA) is 79.1 Å². The maximum Gasteiger partial charge on any atom is 0.421 e. The van der Waals surface area contributed by atoms with Crippen molar-refractivity contribution in [2.75, 3.05) is 0 Å². The summed E-state index contributed by atoms with van der Waals surface area (Å²) in [5.74, 6) is -2.89. The number of halogens is 3. The molecule has 1 atom stereocenters. The lowest BCUT2D eigenvalue weighted by Gasteiger charge is -2.17. The Bertz CT molecular complexity index is 699. The number of furan rings is 1. The van der Waals surface area contributed by atoms with Crippen LogP contribution in [0.1, 0.15) is 40.3 Å². The number of carboxylic acids is 1. The number of nitrogens with one attached hydrogen (secondary N) is 1. The first-order chi connectivity index (χ1) is 9.30. The minimum absolute atomic E-state index is 0.0156. The molecule has 2 N–H and O–H groups in total. The van der Waals surface area contributed by atoms with Gasteiger partial charge in [0.05, 0.1) is 11.3 Å². The first-order valence-corrected chi connectivity index (χ1v) is 5.81. The molecule has 0 saturated heterocycles. The Morgan fingerprint density at radius 2 is 2.25 bits per heavy atom. The Hall–Kier alpha value is -2.25. The van der Waals surface area contributed by atoms with Crippen LogP contribution < -0.4 is 0 Å². The number of hydrogen-bond acceptors (Lipinski definition) is 3. The molecular formula is C12H9F3N2O3. The Morgan fingerprint density at radius 3 is 2.85 bits per heavy atom. The lowest BCUT2D eigenvalue weighted by molar-refractivity contribution is -0.138. The van der Waals surface area contributed by atoms with E-state index in [1.165, 1.54) is 6.20 Å². The molecule has 0 fully saturated rings. The van der Waals surface area contributed by atoms with Crippen molar-refractivity contribution < 1.29 is 27.5 Å². The molecule has 8 heteroatoms. The van der Waals surface area contributed by atoms with Gasteiger partial charge in [-0.1, -0.05) is 6.92 Å². The van der Waals surface area contributed by atoms with Crippen molar-refractivity contribution in [1.29, 1.82) is 0 Å². The Morgan fingerprint density at radius 1 is 1.55 bits per heavy atom. The third-order valence-electron chi connectivity index (χ3n) is 3.39. The largest absolute Gasteiger partial charge is 0.475 e. The number of hydrogen-bond donors (Lipinski definition) is 2. The number of H-pyrrole nitrogens is 1. The van der Waals surface area contributed by atoms with E-state index in [1.807, 2.05) is 6.92 Å². The first kappa shape index (κ1) is 12.8. The van der Waals surface area contributed by atoms with Gasteiger partial charge >= 0.3 is 12.1 Å². The SMILES string of the molecule is CC1Cc2oc(C(=O)O)c(C(F)(F)F)c2-c2n[nH]cc21. The van der Waals surface area contributed by atoms with Crippen molar-refractivity contribution in [2.45, 2.75) is 25.4 Å². The van der Waals surface area contributed by atoms with Crippen LogP contribution in [0.4, 0.5) is 13.2 Å². The number of aromatic carboxylic acids is 1. The molecule has 0 aromatic carbocycles. The average Bonchev–Trinajstić information content (AvgIpc) is 2.89. The molecular weight excluding hydrogens is 277 g/mol. The van der Waals surface area contributed by atoms with E-state index in [-0.39, 0.29) is 29.4 Å². The van der Waals surface area contributed by atoms with Gasteiger partial charge in [0, 0.05) is 18.2 Å². The summed E-state index contributed by atoms with van der Waals surface area (Å²) in [5, 5.41) is 15.3. The molecule has 20 heavy (non-hydrogen) atoms. The number of rotatable bonds is 1. The molecule has 1 aliphatic rings. The third kappa shape index (κ3) is 1.64. The van der Waals surface area contributed by atoms with Crippen molar-refractivity contribution in [1.82, 2.24) is 10.2 Å². The van der Waals surface area contributed by atoms with E-state index in [1.54, 1.807) is 0 Å². The number of carboxylic acid groups (broad SMARTS) is 1. The van der Waals surface area contributed by atoms with Gasteiger partial charge < -0.3 is 9.52 Å². The molecule has 106 valence electrons. The molecule has 0 radical (unpaired) electrons. The second-order valence-electron chi connectivity index (χ2n) is 4.70. The van der Waals surface area contributed by atoms with Crippen LogP contribution in [0, 0.1) is 0 Å². The molecule has 0 saturated carbocycles. The van der Waals surface area contributed by atoms with Gasteiger partial charge in [0.15, 0.2) is 0 Å². The minimum Gasteiger partial charge on any atom is -0.475 e. The zero-order valence-electron chi connectivity index (χ0n) is 10.2. The van der Waals surface area contributed by atoms with E-state index in [0.29, 0.717) is 5.56 Å². The van der Waals surface area contributed by atoms with Gasteiger partial charge in [-0.3, -0.25) is 5.10 Å². The molecule has 2 aromatic heterocycles. The van der Waals surface area contributed by atoms with Crippen molar-refractivity contribution >= 4 is 5.97 Å². The quantitative estimate of drug-likeness (QED) is 0.844. The number of carbonyl (C=O) groups is 1. The smallest absolute Gasteiger partial charge is 0.421 e. The van der Waals surface area contributed by atoms with E-state index in [2.05, 4.69) is 10.2 Å². The highest BCUT2D eigenvalue weighted by Crippen LogP contribution is 2.48. The normalized spacial score (nSPS) is 17.7. The van der Waals surface area contributed by atoms with Crippen molar-refractivity contribution in [2.24, 2.45) is 0 Å². The van der Waals surface area contributed by atoms with Gasteiger partial charge in [-0.25, -0.2) is 4.79 Å². The predicted molar refractivity (Wildman–Crippen MR) is 60.4 cm³/mol. The maximum atomic E-state index is 13.2. The van der Waals surface area contributed by atoms with Gasteiger partial charge in [-0.2, -0.15) is 18.3 Å². The molecule has 0 amide bonds. The number of fused-ring (bicyclic) bond motifs is 3. The zero-order valence-corrected chi connectivity index (χ0v) is 10.2. The first-order valence-electron chi connectivity index (χ1n) is 5.81. The van der Waals surface area contributed by atoms with Crippen LogP contribution >= 0.6 is 0 Å². The van der Waals surface area contributed by atoms with E-state index in [9.17, 15) is 18.0 Å². The van der Waals surface area contributed by atoms with E-state index < -0.39 is 23.5 Å². The zero-order chi connectivity index (χ0) is 14.7. The van der Waals surface area contributed by atoms with Crippen LogP contribution in [0.3, 0.4) is 0 Å². The number of alkyl halides is 3. The van der Waals surface area contributed by atoms with Gasteiger partial charge in [-0.05, 0) is 5.92 Å². The maximum absolute atomic E-state index is 13.2. The summed E-state index contributed by atoms with van der Waals surface area (Å²) in [5.41, 5.74) is -0.785. The molecule has 0 spiro atoms. The summed E-state index contributed by atoms with van der Waals surface area (Å²) in [7, 11) is 0. The Kier molecular flexibility index (Phi) is 2.47. The summed E-state index contributed by atoms with van der Waals surface area (Å²) in [6.07, 6.45) is -3.09. The fourth-order valence-corrected chi connectivity index (χ4v) is 2.56. The lowest BCUT2D eigenvalue weighted by Crippen LogP contribution is -2.13. The molecule has 1 unspecified atom stereocenters. The summed E-state index contributed by atoms with van der Waals surface area (Å²) >= 11 is 0. The second kappa shape index (κ2) is 3.87. The predicted octanol–water partition coefficient (Wildman–Crippen LogP) is 3.05. The van der Waals surface area contributed by atoms with Crippen molar-refractivity contribution in [3.05, 3.63) is 28.8 Å². The monoisotopic (exact) mass is 286 g/mol. The fourth-order valence-electron chi connectivity index (χ4n) is 2.56. The van der Waals surface area contributed by atoms with Crippen molar-refractivity contribution in [3.63, 3.8) is 0 Å². The average molecular weight is 286 g/mol. The van der Waals surface area contributed by atoms with Gasteiger partial charge in [0.1, 0.15) is 11.3 Å². The number of aromatic nitrogens is 2. The van der Waals surface area contributed by atoms with Gasteiger partial charge in [0.2, 0.25) is 5.76 Å². The molecule has 0 bridgehead atoms. The van der Waals surface area contributed by atoms with E-state index >= 15 is 0 Å². The van der Waals surface area contributed by atoms with Crippen LogP contribution in [0.25, 0.3) is 11.3 Å². The van der Waals surface area contributed by atoms with Crippen LogP contribution in [0.2, 0.25) is 0 Å². The molecule has 5 nitrogen and oxygen atoms in total. The highest BCUT2D eigenvalue weighted by molar-refractivity contribution is 5.91. The van der Waals surface area contributed by atoms with Crippen LogP contribution in [0.5, 0.6) is 0 Å². The van der Waals surface area contributed by atoms with Crippen LogP contribution in [0.15, 0.2) is 10.6 Å². The van der Waals surface area contributed by atoms with Crippen LogP contribution in [-0.4, -0.2) is 21.3 Å². The number of nitrogens with zero attached hydrogens (tertiary/aromatic N) is 1. The molecule has 0 aliphatic heterocycles. The second-order valence-corrected chi connectivity index (χ2v) is 4.70. The summed E-state index contributed by atoms with van der Waals surface area (Å²) < 4.78 is 44.4. The molecule has 2 aromatic rings. The Balaban J connectivity index is 2.35. The summed E-state index contributed by atoms with van der Waals surface area (Å²) in [4.78, 5) is 11.0.